The van der Waals surface area contributed by atoms with Crippen LogP contribution in [-0.4, -0.2) is 0 Å². The van der Waals surface area contributed by atoms with Gasteiger partial charge in [0, 0.05) is 16.0 Å². The van der Waals surface area contributed by atoms with Gasteiger partial charge in [0.15, 0.2) is 0 Å². The molecule has 0 atom stereocenters. The molecule has 0 amide bonds. The van der Waals surface area contributed by atoms with E-state index in [2.05, 4.69) is 21.2 Å². The first kappa shape index (κ1) is 13.9. The number of nitrogens with one attached hydrogen (secondary N) is 1. The maximum Gasteiger partial charge on any atom is 0.147 e. The zero-order valence-electron chi connectivity index (χ0n) is 9.75. The van der Waals surface area contributed by atoms with Crippen molar-refractivity contribution in [3.63, 3.8) is 0 Å². The van der Waals surface area contributed by atoms with Gasteiger partial charge in [-0.2, -0.15) is 5.26 Å². The normalized spacial score (nSPS) is 10.0. The number of nitriles is 1. The molecule has 0 unspecified atom stereocenters. The van der Waals surface area contributed by atoms with Gasteiger partial charge in [-0.1, -0.05) is 27.5 Å². The SMILES string of the molecule is N#Cc1ccc(NCc2cc(Cl)ccc2Br)c(F)c1. The predicted molar refractivity (Wildman–Crippen MR) is 77.6 cm³/mol. The fourth-order valence-corrected chi connectivity index (χ4v) is 2.18. The fourth-order valence-electron chi connectivity index (χ4n) is 1.60. The van der Waals surface area contributed by atoms with E-state index in [9.17, 15) is 4.39 Å². The monoisotopic (exact) mass is 338 g/mol. The highest BCUT2D eigenvalue weighted by Crippen LogP contribution is 2.23. The van der Waals surface area contributed by atoms with Crippen molar-refractivity contribution in [3.8, 4) is 6.07 Å². The molecule has 2 nitrogen and oxygen atoms in total. The van der Waals surface area contributed by atoms with Crippen LogP contribution in [0.25, 0.3) is 0 Å². The third-order valence-corrected chi connectivity index (χ3v) is 3.58. The Morgan fingerprint density at radius 3 is 2.74 bits per heavy atom. The van der Waals surface area contributed by atoms with Crippen molar-refractivity contribution in [1.82, 2.24) is 0 Å². The van der Waals surface area contributed by atoms with Crippen molar-refractivity contribution in [2.45, 2.75) is 6.54 Å². The van der Waals surface area contributed by atoms with Crippen LogP contribution >= 0.6 is 27.5 Å². The smallest absolute Gasteiger partial charge is 0.147 e. The van der Waals surface area contributed by atoms with E-state index in [4.69, 9.17) is 16.9 Å². The third-order valence-electron chi connectivity index (χ3n) is 2.58. The number of hydrogen-bond acceptors (Lipinski definition) is 2. The molecule has 96 valence electrons. The van der Waals surface area contributed by atoms with Gasteiger partial charge in [0.1, 0.15) is 5.82 Å². The molecule has 1 N–H and O–H groups in total. The lowest BCUT2D eigenvalue weighted by Gasteiger charge is -2.09. The van der Waals surface area contributed by atoms with E-state index in [0.29, 0.717) is 22.8 Å². The minimum atomic E-state index is -0.447. The summed E-state index contributed by atoms with van der Waals surface area (Å²) in [6.07, 6.45) is 0. The van der Waals surface area contributed by atoms with Crippen LogP contribution in [0, 0.1) is 17.1 Å². The molecule has 0 fully saturated rings. The molecule has 2 rings (SSSR count). The second-order valence-electron chi connectivity index (χ2n) is 3.90. The van der Waals surface area contributed by atoms with Gasteiger partial charge >= 0.3 is 0 Å². The van der Waals surface area contributed by atoms with Gasteiger partial charge in [0.2, 0.25) is 0 Å². The zero-order chi connectivity index (χ0) is 13.8. The molecule has 2 aromatic carbocycles. The Kier molecular flexibility index (Phi) is 4.41. The number of halogens is 3. The van der Waals surface area contributed by atoms with Crippen LogP contribution in [0.2, 0.25) is 5.02 Å². The van der Waals surface area contributed by atoms with Crippen LogP contribution in [-0.2, 0) is 6.54 Å². The minimum absolute atomic E-state index is 0.298. The Labute approximate surface area is 123 Å². The predicted octanol–water partition coefficient (Wildman–Crippen LogP) is 4.73. The number of nitrogens with zero attached hydrogens (tertiary/aromatic N) is 1. The van der Waals surface area contributed by atoms with Crippen LogP contribution in [0.4, 0.5) is 10.1 Å². The minimum Gasteiger partial charge on any atom is -0.379 e. The Hall–Kier alpha value is -1.57. The van der Waals surface area contributed by atoms with Gasteiger partial charge in [0.25, 0.3) is 0 Å². The molecule has 0 aliphatic carbocycles. The first-order chi connectivity index (χ1) is 9.10. The zero-order valence-corrected chi connectivity index (χ0v) is 12.1. The number of hydrogen-bond donors (Lipinski definition) is 1. The number of anilines is 1. The fraction of sp³-hybridized carbons (Fsp3) is 0.0714. The van der Waals surface area contributed by atoms with Crippen molar-refractivity contribution in [3.05, 3.63) is 62.8 Å². The van der Waals surface area contributed by atoms with E-state index in [1.165, 1.54) is 6.07 Å². The van der Waals surface area contributed by atoms with Crippen molar-refractivity contribution < 1.29 is 4.39 Å². The molecule has 0 bridgehead atoms. The molecule has 0 spiro atoms. The third kappa shape index (κ3) is 3.46. The summed E-state index contributed by atoms with van der Waals surface area (Å²) in [4.78, 5) is 0. The van der Waals surface area contributed by atoms with E-state index < -0.39 is 5.82 Å². The summed E-state index contributed by atoms with van der Waals surface area (Å²) in [6, 6.07) is 11.6. The van der Waals surface area contributed by atoms with E-state index >= 15 is 0 Å². The molecule has 0 aliphatic rings. The highest BCUT2D eigenvalue weighted by molar-refractivity contribution is 9.10. The Balaban J connectivity index is 2.15. The lowest BCUT2D eigenvalue weighted by atomic mass is 10.2. The lowest BCUT2D eigenvalue weighted by molar-refractivity contribution is 0.629. The maximum absolute atomic E-state index is 13.7. The van der Waals surface area contributed by atoms with Gasteiger partial charge in [-0.25, -0.2) is 4.39 Å². The molecule has 0 saturated carbocycles. The van der Waals surface area contributed by atoms with Crippen molar-refractivity contribution >= 4 is 33.2 Å². The van der Waals surface area contributed by atoms with Crippen LogP contribution < -0.4 is 5.32 Å². The summed E-state index contributed by atoms with van der Waals surface area (Å²) in [5.74, 6) is -0.447. The highest BCUT2D eigenvalue weighted by Gasteiger charge is 2.05. The van der Waals surface area contributed by atoms with Crippen LogP contribution in [0.5, 0.6) is 0 Å². The molecule has 0 saturated heterocycles. The first-order valence-corrected chi connectivity index (χ1v) is 6.64. The topological polar surface area (TPSA) is 35.8 Å². The largest absolute Gasteiger partial charge is 0.379 e. The average molecular weight is 340 g/mol. The summed E-state index contributed by atoms with van der Waals surface area (Å²) in [7, 11) is 0. The Bertz CT molecular complexity index is 652. The van der Waals surface area contributed by atoms with Crippen molar-refractivity contribution in [2.75, 3.05) is 5.32 Å². The molecule has 5 heteroatoms. The van der Waals surface area contributed by atoms with Crippen molar-refractivity contribution in [2.24, 2.45) is 0 Å². The highest BCUT2D eigenvalue weighted by atomic mass is 79.9. The van der Waals surface area contributed by atoms with Gasteiger partial charge in [0.05, 0.1) is 17.3 Å². The molecule has 0 aromatic heterocycles. The number of benzene rings is 2. The van der Waals surface area contributed by atoms with Crippen molar-refractivity contribution in [1.29, 1.82) is 5.26 Å². The molecule has 0 heterocycles. The van der Waals surface area contributed by atoms with Gasteiger partial charge in [-0.05, 0) is 42.0 Å². The average Bonchev–Trinajstić information content (AvgIpc) is 2.40. The summed E-state index contributed by atoms with van der Waals surface area (Å²) in [6.45, 7) is 0.434. The van der Waals surface area contributed by atoms with Gasteiger partial charge in [-0.3, -0.25) is 0 Å². The summed E-state index contributed by atoms with van der Waals surface area (Å²) in [5.41, 5.74) is 1.58. The molecule has 0 aliphatic heterocycles. The molecule has 0 radical (unpaired) electrons. The lowest BCUT2D eigenvalue weighted by Crippen LogP contribution is -2.02. The molecular weight excluding hydrogens is 331 g/mol. The second kappa shape index (κ2) is 6.05. The quantitative estimate of drug-likeness (QED) is 0.878. The summed E-state index contributed by atoms with van der Waals surface area (Å²) in [5, 5.41) is 12.3. The molecule has 2 aromatic rings. The molecule has 19 heavy (non-hydrogen) atoms. The Morgan fingerprint density at radius 1 is 1.26 bits per heavy atom. The van der Waals surface area contributed by atoms with Gasteiger partial charge < -0.3 is 5.32 Å². The van der Waals surface area contributed by atoms with E-state index in [1.54, 1.807) is 24.3 Å². The van der Waals surface area contributed by atoms with E-state index in [1.807, 2.05) is 12.1 Å². The summed E-state index contributed by atoms with van der Waals surface area (Å²) >= 11 is 9.32. The summed E-state index contributed by atoms with van der Waals surface area (Å²) < 4.78 is 14.6. The standard InChI is InChI=1S/C14H9BrClFN2/c15-12-3-2-11(16)6-10(12)8-19-14-4-1-9(7-18)5-13(14)17/h1-6,19H,8H2. The second-order valence-corrected chi connectivity index (χ2v) is 5.19. The Morgan fingerprint density at radius 2 is 2.05 bits per heavy atom. The van der Waals surface area contributed by atoms with Crippen LogP contribution in [0.1, 0.15) is 11.1 Å². The maximum atomic E-state index is 13.7. The van der Waals surface area contributed by atoms with Crippen LogP contribution in [0.3, 0.4) is 0 Å². The van der Waals surface area contributed by atoms with Crippen LogP contribution in [0.15, 0.2) is 40.9 Å². The first-order valence-electron chi connectivity index (χ1n) is 5.47. The number of rotatable bonds is 3. The van der Waals surface area contributed by atoms with E-state index in [-0.39, 0.29) is 0 Å². The van der Waals surface area contributed by atoms with E-state index in [0.717, 1.165) is 10.0 Å². The molecular formula is C14H9BrClFN2. The van der Waals surface area contributed by atoms with Gasteiger partial charge in [-0.15, -0.1) is 0 Å².